The maximum absolute atomic E-state index is 10.2. The van der Waals surface area contributed by atoms with Gasteiger partial charge in [0.15, 0.2) is 0 Å². The molecular weight excluding hydrogens is 203 g/mol. The minimum absolute atomic E-state index is 0. The first-order chi connectivity index (χ1) is 4.33. The molecule has 0 fully saturated rings. The number of hydrogen-bond donors (Lipinski definition) is 1. The zero-order chi connectivity index (χ0) is 8.36. The summed E-state index contributed by atoms with van der Waals surface area (Å²) in [7, 11) is -4.19. The van der Waals surface area contributed by atoms with E-state index in [0.29, 0.717) is 0 Å². The van der Waals surface area contributed by atoms with Crippen LogP contribution in [0.3, 0.4) is 0 Å². The average molecular weight is 208 g/mol. The molecule has 0 heterocycles. The van der Waals surface area contributed by atoms with Crippen LogP contribution in [0, 0.1) is 0 Å². The molecule has 0 aliphatic heterocycles. The summed E-state index contributed by atoms with van der Waals surface area (Å²) in [5, 5.41) is 8.40. The van der Waals surface area contributed by atoms with Crippen LogP contribution in [0.5, 0.6) is 0 Å². The van der Waals surface area contributed by atoms with Crippen molar-refractivity contribution < 1.29 is 52.4 Å². The third-order valence-electron chi connectivity index (χ3n) is 0.525. The Bertz CT molecular complexity index is 220. The van der Waals surface area contributed by atoms with E-state index in [1.54, 1.807) is 0 Å². The third kappa shape index (κ3) is 8.67. The molecule has 0 spiro atoms. The van der Waals surface area contributed by atoms with Crippen molar-refractivity contribution in [1.82, 2.24) is 0 Å². The van der Waals surface area contributed by atoms with Gasteiger partial charge in [0.25, 0.3) is 0 Å². The van der Waals surface area contributed by atoms with Gasteiger partial charge in [-0.2, -0.15) is 0 Å². The first kappa shape index (κ1) is 14.3. The van der Waals surface area contributed by atoms with Crippen LogP contribution in [0.2, 0.25) is 0 Å². The van der Waals surface area contributed by atoms with Crippen LogP contribution >= 0.6 is 0 Å². The summed E-state index contributed by atoms with van der Waals surface area (Å²) in [6.45, 7) is 1.07. The van der Waals surface area contributed by atoms with Gasteiger partial charge in [-0.15, -0.1) is 0 Å². The number of hydrogen-bond acceptors (Lipinski definition) is 6. The van der Waals surface area contributed by atoms with Gasteiger partial charge in [-0.3, -0.25) is 0 Å². The fourth-order valence-electron chi connectivity index (χ4n) is 0.170. The fourth-order valence-corrected chi connectivity index (χ4v) is 0.712. The van der Waals surface area contributed by atoms with E-state index in [-0.39, 0.29) is 29.6 Å². The molecule has 0 aromatic rings. The van der Waals surface area contributed by atoms with Crippen LogP contribution < -0.4 is 29.6 Å². The van der Waals surface area contributed by atoms with Crippen molar-refractivity contribution in [2.24, 2.45) is 0 Å². The van der Waals surface area contributed by atoms with Crippen molar-refractivity contribution in [1.29, 1.82) is 0 Å². The van der Waals surface area contributed by atoms with Crippen LogP contribution in [0.15, 0.2) is 0 Å². The maximum atomic E-state index is 10.2. The standard InChI is InChI=1S/C3H6O5S2.Na/c1-2(4)3(5)8-10(6,7)9;/h2,4H,1H3,(H,6,7,9);/q;+1/p-1. The summed E-state index contributed by atoms with van der Waals surface area (Å²) in [5.74, 6) is -1.27. The number of carbonyl (C=O) groups excluding carboxylic acids is 1. The molecule has 0 bridgehead atoms. The van der Waals surface area contributed by atoms with E-state index in [2.05, 4.69) is 15.4 Å². The van der Waals surface area contributed by atoms with Gasteiger partial charge in [0.2, 0.25) is 0 Å². The molecule has 60 valence electrons. The Balaban J connectivity index is 0. The van der Waals surface area contributed by atoms with E-state index in [4.69, 9.17) is 5.11 Å². The number of carbonyl (C=O) groups is 1. The third-order valence-corrected chi connectivity index (χ3v) is 1.10. The molecule has 1 N–H and O–H groups in total. The topological polar surface area (TPSA) is 86.7 Å². The van der Waals surface area contributed by atoms with Crippen LogP contribution in [0.4, 0.5) is 0 Å². The predicted molar refractivity (Wildman–Crippen MR) is 34.1 cm³/mol. The van der Waals surface area contributed by atoms with Crippen LogP contribution in [0.25, 0.3) is 0 Å². The smallest absolute Gasteiger partial charge is 0.739 e. The summed E-state index contributed by atoms with van der Waals surface area (Å²) >= 11 is 3.70. The molecule has 0 radical (unpaired) electrons. The van der Waals surface area contributed by atoms with E-state index in [0.717, 1.165) is 6.92 Å². The van der Waals surface area contributed by atoms with Crippen LogP contribution in [0.1, 0.15) is 6.92 Å². The summed E-state index contributed by atoms with van der Waals surface area (Å²) in [6.07, 6.45) is -1.47. The van der Waals surface area contributed by atoms with Crippen LogP contribution in [-0.2, 0) is 29.2 Å². The molecule has 0 aliphatic rings. The van der Waals surface area contributed by atoms with E-state index in [1.807, 2.05) is 0 Å². The molecule has 0 aromatic carbocycles. The number of rotatable bonds is 2. The Morgan fingerprint density at radius 3 is 2.27 bits per heavy atom. The summed E-state index contributed by atoms with van der Waals surface area (Å²) in [6, 6.07) is 0. The molecule has 0 rings (SSSR count). The van der Waals surface area contributed by atoms with Gasteiger partial charge in [-0.1, -0.05) is 0 Å². The van der Waals surface area contributed by atoms with Gasteiger partial charge in [0, 0.05) is 11.2 Å². The molecule has 0 aromatic heterocycles. The quantitative estimate of drug-likeness (QED) is 0.462. The molecule has 0 saturated heterocycles. The first-order valence-electron chi connectivity index (χ1n) is 2.20. The molecule has 2 unspecified atom stereocenters. The van der Waals surface area contributed by atoms with Crippen molar-refractivity contribution in [3.05, 3.63) is 0 Å². The van der Waals surface area contributed by atoms with E-state index >= 15 is 0 Å². The van der Waals surface area contributed by atoms with Crippen molar-refractivity contribution in [3.8, 4) is 0 Å². The zero-order valence-electron chi connectivity index (χ0n) is 5.97. The molecule has 0 amide bonds. The van der Waals surface area contributed by atoms with Gasteiger partial charge in [-0.05, 0) is 6.92 Å². The average Bonchev–Trinajstić information content (AvgIpc) is 1.60. The SMILES string of the molecule is CC(O)C(=O)OS(=O)([O-])=S.[Na+]. The zero-order valence-corrected chi connectivity index (χ0v) is 9.61. The Labute approximate surface area is 91.1 Å². The monoisotopic (exact) mass is 208 g/mol. The van der Waals surface area contributed by atoms with Crippen molar-refractivity contribution in [2.75, 3.05) is 0 Å². The Kier molecular flexibility index (Phi) is 7.03. The molecule has 0 saturated carbocycles. The number of aliphatic hydroxyl groups is 1. The van der Waals surface area contributed by atoms with Crippen molar-refractivity contribution in [2.45, 2.75) is 13.0 Å². The summed E-state index contributed by atoms with van der Waals surface area (Å²) in [5.41, 5.74) is 0. The van der Waals surface area contributed by atoms with E-state index in [1.165, 1.54) is 0 Å². The second-order valence-corrected chi connectivity index (χ2v) is 3.69. The van der Waals surface area contributed by atoms with Gasteiger partial charge in [0.1, 0.15) is 15.2 Å². The van der Waals surface area contributed by atoms with Gasteiger partial charge in [-0.25, -0.2) is 9.00 Å². The molecule has 2 atom stereocenters. The molecular formula is C3H5NaO5S2. The van der Waals surface area contributed by atoms with Crippen molar-refractivity contribution >= 4 is 26.2 Å². The largest absolute Gasteiger partial charge is 1.00 e. The van der Waals surface area contributed by atoms with Gasteiger partial charge in [0.05, 0.1) is 0 Å². The second-order valence-electron chi connectivity index (χ2n) is 1.49. The van der Waals surface area contributed by atoms with Crippen molar-refractivity contribution in [3.63, 3.8) is 0 Å². The molecule has 5 nitrogen and oxygen atoms in total. The Morgan fingerprint density at radius 1 is 1.82 bits per heavy atom. The van der Waals surface area contributed by atoms with E-state index < -0.39 is 21.1 Å². The van der Waals surface area contributed by atoms with Gasteiger partial charge < -0.3 is 13.8 Å². The minimum Gasteiger partial charge on any atom is -0.739 e. The molecule has 8 heteroatoms. The predicted octanol–water partition coefficient (Wildman–Crippen LogP) is -4.29. The molecule has 0 aliphatic carbocycles. The summed E-state index contributed by atoms with van der Waals surface area (Å²) in [4.78, 5) is 10.2. The second kappa shape index (κ2) is 5.41. The maximum Gasteiger partial charge on any atom is 1.00 e. The number of aliphatic hydroxyl groups excluding tert-OH is 1. The normalized spacial score (nSPS) is 17.4. The van der Waals surface area contributed by atoms with Crippen LogP contribution in [-0.4, -0.2) is 25.9 Å². The van der Waals surface area contributed by atoms with Gasteiger partial charge >= 0.3 is 35.5 Å². The Morgan fingerprint density at radius 2 is 2.18 bits per heavy atom. The molecule has 11 heavy (non-hydrogen) atoms. The minimum atomic E-state index is -4.19. The first-order valence-corrected chi connectivity index (χ1v) is 4.53. The van der Waals surface area contributed by atoms with E-state index in [9.17, 15) is 13.6 Å². The fraction of sp³-hybridized carbons (Fsp3) is 0.667. The summed E-state index contributed by atoms with van der Waals surface area (Å²) < 4.78 is 23.6. The Hall–Kier alpha value is 0.760.